The van der Waals surface area contributed by atoms with Crippen molar-refractivity contribution < 1.29 is 4.79 Å². The molecule has 2 aromatic rings. The van der Waals surface area contributed by atoms with Crippen LogP contribution in [0.25, 0.3) is 0 Å². The van der Waals surface area contributed by atoms with Gasteiger partial charge in [0.1, 0.15) is 11.5 Å². The van der Waals surface area contributed by atoms with E-state index in [1.54, 1.807) is 11.6 Å². The second kappa shape index (κ2) is 7.25. The summed E-state index contributed by atoms with van der Waals surface area (Å²) in [7, 11) is 0. The Balaban J connectivity index is 1.59. The van der Waals surface area contributed by atoms with Gasteiger partial charge in [0.15, 0.2) is 0 Å². The van der Waals surface area contributed by atoms with Gasteiger partial charge in [-0.3, -0.25) is 4.79 Å². The summed E-state index contributed by atoms with van der Waals surface area (Å²) in [5.41, 5.74) is 5.97. The van der Waals surface area contributed by atoms with Crippen molar-refractivity contribution in [1.29, 1.82) is 0 Å². The Bertz CT molecular complexity index is 692. The summed E-state index contributed by atoms with van der Waals surface area (Å²) in [5, 5.41) is 6.34. The summed E-state index contributed by atoms with van der Waals surface area (Å²) in [6, 6.07) is 3.70. The van der Waals surface area contributed by atoms with Gasteiger partial charge in [0, 0.05) is 37.1 Å². The number of carbonyl (C=O) groups is 1. The molecule has 1 atom stereocenters. The van der Waals surface area contributed by atoms with Gasteiger partial charge in [0.2, 0.25) is 0 Å². The monoisotopic (exact) mass is 351 g/mol. The fraction of sp³-hybridized carbons (Fsp3) is 0.400. The van der Waals surface area contributed by atoms with E-state index in [1.165, 1.54) is 11.3 Å². The molecule has 23 heavy (non-hydrogen) atoms. The molecule has 0 spiro atoms. The minimum absolute atomic E-state index is 0.0697. The van der Waals surface area contributed by atoms with E-state index in [4.69, 9.17) is 17.3 Å². The van der Waals surface area contributed by atoms with E-state index in [0.29, 0.717) is 30.2 Å². The highest BCUT2D eigenvalue weighted by Gasteiger charge is 2.26. The lowest BCUT2D eigenvalue weighted by atomic mass is 10.2. The first-order chi connectivity index (χ1) is 11.2. The molecular weight excluding hydrogens is 334 g/mol. The number of thiazole rings is 1. The van der Waals surface area contributed by atoms with Crippen molar-refractivity contribution in [3.05, 3.63) is 39.4 Å². The Morgan fingerprint density at radius 3 is 3.22 bits per heavy atom. The van der Waals surface area contributed by atoms with E-state index in [2.05, 4.69) is 20.2 Å². The molecule has 1 amide bonds. The Labute approximate surface area is 143 Å². The Morgan fingerprint density at radius 2 is 2.43 bits per heavy atom. The number of hydrogen-bond donors (Lipinski definition) is 2. The predicted octanol–water partition coefficient (Wildman–Crippen LogP) is 1.70. The molecule has 1 saturated heterocycles. The first-order valence-corrected chi connectivity index (χ1v) is 8.74. The molecule has 1 fully saturated rings. The molecule has 0 bridgehead atoms. The SMILES string of the molecule is NCCc1nc(C(=O)NC2CCN(c3ncccc3Cl)C2)cs1. The average Bonchev–Trinajstić information content (AvgIpc) is 3.18. The van der Waals surface area contributed by atoms with Crippen LogP contribution < -0.4 is 16.0 Å². The van der Waals surface area contributed by atoms with Crippen LogP contribution in [0.3, 0.4) is 0 Å². The van der Waals surface area contributed by atoms with E-state index >= 15 is 0 Å². The van der Waals surface area contributed by atoms with Gasteiger partial charge in [-0.05, 0) is 25.1 Å². The second-order valence-electron chi connectivity index (χ2n) is 5.38. The van der Waals surface area contributed by atoms with Crippen LogP contribution >= 0.6 is 22.9 Å². The lowest BCUT2D eigenvalue weighted by molar-refractivity contribution is 0.0936. The summed E-state index contributed by atoms with van der Waals surface area (Å²) in [5.74, 6) is 0.633. The molecule has 122 valence electrons. The van der Waals surface area contributed by atoms with Crippen LogP contribution in [0.2, 0.25) is 5.02 Å². The van der Waals surface area contributed by atoms with Crippen molar-refractivity contribution in [3.8, 4) is 0 Å². The van der Waals surface area contributed by atoms with Gasteiger partial charge in [-0.25, -0.2) is 9.97 Å². The van der Waals surface area contributed by atoms with E-state index in [-0.39, 0.29) is 11.9 Å². The normalized spacial score (nSPS) is 17.5. The van der Waals surface area contributed by atoms with Crippen LogP contribution in [0.5, 0.6) is 0 Å². The average molecular weight is 352 g/mol. The molecule has 1 unspecified atom stereocenters. The number of pyridine rings is 1. The predicted molar refractivity (Wildman–Crippen MR) is 92.2 cm³/mol. The molecule has 2 aromatic heterocycles. The number of nitrogens with one attached hydrogen (secondary N) is 1. The minimum Gasteiger partial charge on any atom is -0.353 e. The molecule has 0 aliphatic carbocycles. The lowest BCUT2D eigenvalue weighted by Gasteiger charge is -2.18. The van der Waals surface area contributed by atoms with Crippen molar-refractivity contribution >= 4 is 34.7 Å². The summed E-state index contributed by atoms with van der Waals surface area (Å²) < 4.78 is 0. The molecule has 0 saturated carbocycles. The zero-order valence-electron chi connectivity index (χ0n) is 12.5. The first-order valence-electron chi connectivity index (χ1n) is 7.48. The number of nitrogens with two attached hydrogens (primary N) is 1. The maximum absolute atomic E-state index is 12.3. The molecule has 1 aliphatic rings. The molecule has 3 N–H and O–H groups in total. The van der Waals surface area contributed by atoms with Gasteiger partial charge < -0.3 is 16.0 Å². The van der Waals surface area contributed by atoms with Gasteiger partial charge in [-0.15, -0.1) is 11.3 Å². The summed E-state index contributed by atoms with van der Waals surface area (Å²) in [4.78, 5) is 23.0. The van der Waals surface area contributed by atoms with Crippen LogP contribution in [0.1, 0.15) is 21.9 Å². The highest BCUT2D eigenvalue weighted by Crippen LogP contribution is 2.25. The highest BCUT2D eigenvalue weighted by molar-refractivity contribution is 7.09. The summed E-state index contributed by atoms with van der Waals surface area (Å²) in [6.45, 7) is 2.05. The van der Waals surface area contributed by atoms with Crippen molar-refractivity contribution in [2.45, 2.75) is 18.9 Å². The van der Waals surface area contributed by atoms with Crippen LogP contribution in [-0.2, 0) is 6.42 Å². The van der Waals surface area contributed by atoms with Gasteiger partial charge in [0.25, 0.3) is 5.91 Å². The number of nitrogens with zero attached hydrogens (tertiary/aromatic N) is 3. The Hall–Kier alpha value is -1.70. The van der Waals surface area contributed by atoms with Gasteiger partial charge in [-0.2, -0.15) is 0 Å². The fourth-order valence-corrected chi connectivity index (χ4v) is 3.63. The number of aromatic nitrogens is 2. The summed E-state index contributed by atoms with van der Waals surface area (Å²) in [6.07, 6.45) is 3.28. The van der Waals surface area contributed by atoms with E-state index in [1.807, 2.05) is 12.1 Å². The second-order valence-corrected chi connectivity index (χ2v) is 6.73. The first kappa shape index (κ1) is 16.2. The molecule has 8 heteroatoms. The fourth-order valence-electron chi connectivity index (χ4n) is 2.59. The van der Waals surface area contributed by atoms with Crippen molar-refractivity contribution in [3.63, 3.8) is 0 Å². The molecule has 0 radical (unpaired) electrons. The van der Waals surface area contributed by atoms with Gasteiger partial charge in [0.05, 0.1) is 10.0 Å². The minimum atomic E-state index is -0.136. The molecule has 3 rings (SSSR count). The van der Waals surface area contributed by atoms with E-state index in [9.17, 15) is 4.79 Å². The zero-order valence-corrected chi connectivity index (χ0v) is 14.1. The summed E-state index contributed by atoms with van der Waals surface area (Å²) >= 11 is 7.65. The molecular formula is C15H18ClN5OS. The molecule has 0 aromatic carbocycles. The molecule has 1 aliphatic heterocycles. The number of amides is 1. The maximum atomic E-state index is 12.3. The Kier molecular flexibility index (Phi) is 5.09. The van der Waals surface area contributed by atoms with Crippen LogP contribution in [0.15, 0.2) is 23.7 Å². The van der Waals surface area contributed by atoms with Crippen molar-refractivity contribution in [1.82, 2.24) is 15.3 Å². The zero-order chi connectivity index (χ0) is 16.2. The number of carbonyl (C=O) groups excluding carboxylic acids is 1. The third-order valence-corrected chi connectivity index (χ3v) is 4.91. The number of halogens is 1. The molecule has 3 heterocycles. The van der Waals surface area contributed by atoms with Crippen LogP contribution in [-0.4, -0.2) is 41.6 Å². The number of hydrogen-bond acceptors (Lipinski definition) is 6. The Morgan fingerprint density at radius 1 is 1.57 bits per heavy atom. The maximum Gasteiger partial charge on any atom is 0.271 e. The largest absolute Gasteiger partial charge is 0.353 e. The highest BCUT2D eigenvalue weighted by atomic mass is 35.5. The smallest absolute Gasteiger partial charge is 0.271 e. The third kappa shape index (κ3) is 3.80. The quantitative estimate of drug-likeness (QED) is 0.856. The molecule has 6 nitrogen and oxygen atoms in total. The van der Waals surface area contributed by atoms with E-state index < -0.39 is 0 Å². The third-order valence-electron chi connectivity index (χ3n) is 3.70. The lowest BCUT2D eigenvalue weighted by Crippen LogP contribution is -2.37. The van der Waals surface area contributed by atoms with Crippen molar-refractivity contribution in [2.75, 3.05) is 24.5 Å². The van der Waals surface area contributed by atoms with E-state index in [0.717, 1.165) is 23.8 Å². The van der Waals surface area contributed by atoms with Crippen LogP contribution in [0, 0.1) is 0 Å². The van der Waals surface area contributed by atoms with Gasteiger partial charge >= 0.3 is 0 Å². The number of rotatable bonds is 5. The topological polar surface area (TPSA) is 84.1 Å². The van der Waals surface area contributed by atoms with Crippen LogP contribution in [0.4, 0.5) is 5.82 Å². The van der Waals surface area contributed by atoms with Crippen molar-refractivity contribution in [2.24, 2.45) is 5.73 Å². The number of anilines is 1. The van der Waals surface area contributed by atoms with Gasteiger partial charge in [-0.1, -0.05) is 11.6 Å². The standard InChI is InChI=1S/C15H18ClN5OS/c16-11-2-1-6-18-14(11)21-7-4-10(8-21)19-15(22)12-9-23-13(20-12)3-5-17/h1-2,6,9-10H,3-5,7-8,17H2,(H,19,22).